The molecule has 1 aromatic rings. The second-order valence-electron chi connectivity index (χ2n) is 5.17. The van der Waals surface area contributed by atoms with E-state index in [2.05, 4.69) is 17.3 Å². The molecule has 4 nitrogen and oxygen atoms in total. The van der Waals surface area contributed by atoms with Gasteiger partial charge in [-0.1, -0.05) is 6.07 Å². The van der Waals surface area contributed by atoms with Crippen molar-refractivity contribution in [2.75, 3.05) is 39.5 Å². The van der Waals surface area contributed by atoms with E-state index in [1.165, 1.54) is 0 Å². The highest BCUT2D eigenvalue weighted by Gasteiger charge is 2.19. The van der Waals surface area contributed by atoms with Gasteiger partial charge in [0.1, 0.15) is 0 Å². The molecule has 0 bridgehead atoms. The Balaban J connectivity index is 2.05. The van der Waals surface area contributed by atoms with Crippen LogP contribution in [0.3, 0.4) is 0 Å². The van der Waals surface area contributed by atoms with Crippen molar-refractivity contribution < 1.29 is 4.79 Å². The Labute approximate surface area is 109 Å². The number of hydrogen-bond acceptors (Lipinski definition) is 3. The van der Waals surface area contributed by atoms with E-state index in [9.17, 15) is 4.79 Å². The zero-order valence-electron chi connectivity index (χ0n) is 11.3. The lowest BCUT2D eigenvalue weighted by Gasteiger charge is -2.16. The molecule has 0 saturated carbocycles. The number of hydrogen-bond donors (Lipinski definition) is 1. The molecular formula is C14H21N3O. The predicted octanol–water partition coefficient (Wildman–Crippen LogP) is 1.50. The minimum absolute atomic E-state index is 0.0437. The van der Waals surface area contributed by atoms with Crippen molar-refractivity contribution in [3.8, 4) is 0 Å². The lowest BCUT2D eigenvalue weighted by atomic mass is 10.1. The SMILES string of the molecule is CN1CCC(Nc2cccc(C(=O)N(C)C)c2)C1. The molecule has 4 heteroatoms. The quantitative estimate of drug-likeness (QED) is 0.879. The van der Waals surface area contributed by atoms with Gasteiger partial charge >= 0.3 is 0 Å². The Morgan fingerprint density at radius 2 is 2.22 bits per heavy atom. The number of nitrogens with one attached hydrogen (secondary N) is 1. The number of rotatable bonds is 3. The molecular weight excluding hydrogens is 226 g/mol. The fourth-order valence-corrected chi connectivity index (χ4v) is 2.29. The average molecular weight is 247 g/mol. The molecule has 18 heavy (non-hydrogen) atoms. The topological polar surface area (TPSA) is 35.6 Å². The molecule has 1 heterocycles. The van der Waals surface area contributed by atoms with E-state index < -0.39 is 0 Å². The lowest BCUT2D eigenvalue weighted by molar-refractivity contribution is 0.0827. The maximum atomic E-state index is 11.9. The Morgan fingerprint density at radius 3 is 2.83 bits per heavy atom. The Kier molecular flexibility index (Phi) is 3.87. The molecule has 0 aliphatic carbocycles. The number of amides is 1. The van der Waals surface area contributed by atoms with E-state index in [1.807, 2.05) is 24.3 Å². The van der Waals surface area contributed by atoms with E-state index in [0.717, 1.165) is 30.8 Å². The van der Waals surface area contributed by atoms with Gasteiger partial charge in [0.15, 0.2) is 0 Å². The zero-order valence-corrected chi connectivity index (χ0v) is 11.3. The largest absolute Gasteiger partial charge is 0.381 e. The third-order valence-corrected chi connectivity index (χ3v) is 3.28. The summed E-state index contributed by atoms with van der Waals surface area (Å²) in [5, 5.41) is 3.49. The van der Waals surface area contributed by atoms with Gasteiger partial charge in [-0.05, 0) is 38.2 Å². The van der Waals surface area contributed by atoms with Crippen molar-refractivity contribution in [1.29, 1.82) is 0 Å². The van der Waals surface area contributed by atoms with Gasteiger partial charge in [-0.2, -0.15) is 0 Å². The van der Waals surface area contributed by atoms with Crippen LogP contribution in [0.5, 0.6) is 0 Å². The number of carbonyl (C=O) groups excluding carboxylic acids is 1. The summed E-state index contributed by atoms with van der Waals surface area (Å²) in [6.07, 6.45) is 1.16. The summed E-state index contributed by atoms with van der Waals surface area (Å²) in [5.41, 5.74) is 1.76. The molecule has 1 amide bonds. The third kappa shape index (κ3) is 3.01. The maximum Gasteiger partial charge on any atom is 0.253 e. The molecule has 0 radical (unpaired) electrons. The van der Waals surface area contributed by atoms with Crippen LogP contribution in [0.2, 0.25) is 0 Å². The molecule has 98 valence electrons. The Hall–Kier alpha value is -1.55. The van der Waals surface area contributed by atoms with Crippen molar-refractivity contribution in [3.63, 3.8) is 0 Å². The first kappa shape index (κ1) is 12.9. The average Bonchev–Trinajstić information content (AvgIpc) is 2.74. The summed E-state index contributed by atoms with van der Waals surface area (Å²) in [6.45, 7) is 2.19. The second kappa shape index (κ2) is 5.40. The lowest BCUT2D eigenvalue weighted by Crippen LogP contribution is -2.24. The highest BCUT2D eigenvalue weighted by atomic mass is 16.2. The van der Waals surface area contributed by atoms with Gasteiger partial charge in [-0.15, -0.1) is 0 Å². The van der Waals surface area contributed by atoms with Crippen molar-refractivity contribution in [1.82, 2.24) is 9.80 Å². The molecule has 1 unspecified atom stereocenters. The van der Waals surface area contributed by atoms with E-state index >= 15 is 0 Å². The number of benzene rings is 1. The molecule has 1 N–H and O–H groups in total. The van der Waals surface area contributed by atoms with Crippen LogP contribution in [-0.2, 0) is 0 Å². The minimum atomic E-state index is 0.0437. The summed E-state index contributed by atoms with van der Waals surface area (Å²) >= 11 is 0. The number of carbonyl (C=O) groups is 1. The van der Waals surface area contributed by atoms with Crippen molar-refractivity contribution in [2.24, 2.45) is 0 Å². The first-order valence-electron chi connectivity index (χ1n) is 6.33. The number of likely N-dealkylation sites (N-methyl/N-ethyl adjacent to an activating group) is 1. The third-order valence-electron chi connectivity index (χ3n) is 3.28. The molecule has 2 rings (SSSR count). The van der Waals surface area contributed by atoms with Gasteiger partial charge in [0.25, 0.3) is 5.91 Å². The van der Waals surface area contributed by atoms with Gasteiger partial charge in [0.2, 0.25) is 0 Å². The van der Waals surface area contributed by atoms with Crippen LogP contribution < -0.4 is 5.32 Å². The molecule has 1 aliphatic rings. The van der Waals surface area contributed by atoms with E-state index in [0.29, 0.717) is 6.04 Å². The number of nitrogens with zero attached hydrogens (tertiary/aromatic N) is 2. The first-order chi connectivity index (χ1) is 8.56. The molecule has 1 fully saturated rings. The molecule has 1 aromatic carbocycles. The van der Waals surface area contributed by atoms with Crippen LogP contribution in [0, 0.1) is 0 Å². The molecule has 0 aromatic heterocycles. The van der Waals surface area contributed by atoms with Crippen molar-refractivity contribution in [2.45, 2.75) is 12.5 Å². The van der Waals surface area contributed by atoms with Gasteiger partial charge in [-0.3, -0.25) is 4.79 Å². The fraction of sp³-hybridized carbons (Fsp3) is 0.500. The van der Waals surface area contributed by atoms with Crippen LogP contribution in [0.25, 0.3) is 0 Å². The number of likely N-dealkylation sites (tertiary alicyclic amines) is 1. The summed E-state index contributed by atoms with van der Waals surface area (Å²) < 4.78 is 0. The smallest absolute Gasteiger partial charge is 0.253 e. The van der Waals surface area contributed by atoms with Crippen LogP contribution in [-0.4, -0.2) is 56.0 Å². The minimum Gasteiger partial charge on any atom is -0.381 e. The summed E-state index contributed by atoms with van der Waals surface area (Å²) in [4.78, 5) is 15.8. The van der Waals surface area contributed by atoms with E-state index in [-0.39, 0.29) is 5.91 Å². The molecule has 1 atom stereocenters. The molecule has 1 saturated heterocycles. The highest BCUT2D eigenvalue weighted by Crippen LogP contribution is 2.16. The van der Waals surface area contributed by atoms with Crippen LogP contribution in [0.15, 0.2) is 24.3 Å². The van der Waals surface area contributed by atoms with Crippen LogP contribution >= 0.6 is 0 Å². The standard InChI is InChI=1S/C14H21N3O/c1-16(2)14(18)11-5-4-6-12(9-11)15-13-7-8-17(3)10-13/h4-6,9,13,15H,7-8,10H2,1-3H3. The van der Waals surface area contributed by atoms with Crippen LogP contribution in [0.4, 0.5) is 5.69 Å². The van der Waals surface area contributed by atoms with Gasteiger partial charge in [0.05, 0.1) is 0 Å². The van der Waals surface area contributed by atoms with Crippen LogP contribution in [0.1, 0.15) is 16.8 Å². The second-order valence-corrected chi connectivity index (χ2v) is 5.17. The van der Waals surface area contributed by atoms with Crippen molar-refractivity contribution in [3.05, 3.63) is 29.8 Å². The summed E-state index contributed by atoms with van der Waals surface area (Å²) in [6, 6.07) is 8.22. The van der Waals surface area contributed by atoms with E-state index in [1.54, 1.807) is 19.0 Å². The highest BCUT2D eigenvalue weighted by molar-refractivity contribution is 5.94. The summed E-state index contributed by atoms with van der Waals surface area (Å²) in [5.74, 6) is 0.0437. The van der Waals surface area contributed by atoms with Crippen molar-refractivity contribution >= 4 is 11.6 Å². The van der Waals surface area contributed by atoms with Gasteiger partial charge in [-0.25, -0.2) is 0 Å². The van der Waals surface area contributed by atoms with Gasteiger partial charge in [0, 0.05) is 37.9 Å². The Morgan fingerprint density at radius 1 is 1.44 bits per heavy atom. The Bertz CT molecular complexity index is 431. The fourth-order valence-electron chi connectivity index (χ4n) is 2.29. The van der Waals surface area contributed by atoms with Gasteiger partial charge < -0.3 is 15.1 Å². The zero-order chi connectivity index (χ0) is 13.1. The first-order valence-corrected chi connectivity index (χ1v) is 6.33. The summed E-state index contributed by atoms with van der Waals surface area (Å²) in [7, 11) is 5.68. The predicted molar refractivity (Wildman–Crippen MR) is 74.0 cm³/mol. The maximum absolute atomic E-state index is 11.9. The monoisotopic (exact) mass is 247 g/mol. The number of anilines is 1. The van der Waals surface area contributed by atoms with E-state index in [4.69, 9.17) is 0 Å². The molecule has 1 aliphatic heterocycles. The molecule has 0 spiro atoms. The normalized spacial score (nSPS) is 19.8.